The number of nitrogens with one attached hydrogen (secondary N) is 1. The predicted molar refractivity (Wildman–Crippen MR) is 140 cm³/mol. The minimum absolute atomic E-state index is 0.185. The Bertz CT molecular complexity index is 1240. The van der Waals surface area contributed by atoms with E-state index in [0.717, 1.165) is 36.8 Å². The Morgan fingerprint density at radius 3 is 2.47 bits per heavy atom. The van der Waals surface area contributed by atoms with Crippen LogP contribution in [0.25, 0.3) is 0 Å². The Morgan fingerprint density at radius 2 is 1.81 bits per heavy atom. The summed E-state index contributed by atoms with van der Waals surface area (Å²) in [4.78, 5) is 34.0. The maximum Gasteiger partial charge on any atom is 0.322 e. The molecule has 188 valence electrons. The van der Waals surface area contributed by atoms with E-state index in [0.29, 0.717) is 23.9 Å². The fourth-order valence-electron chi connectivity index (χ4n) is 4.50. The van der Waals surface area contributed by atoms with Gasteiger partial charge in [-0.25, -0.2) is 9.97 Å². The summed E-state index contributed by atoms with van der Waals surface area (Å²) in [5.74, 6) is -1.39. The number of carboxylic acid groups (broad SMARTS) is 1. The second kappa shape index (κ2) is 11.5. The van der Waals surface area contributed by atoms with Crippen molar-refractivity contribution in [3.8, 4) is 5.75 Å². The third-order valence-corrected chi connectivity index (χ3v) is 7.04. The van der Waals surface area contributed by atoms with Crippen LogP contribution in [0.1, 0.15) is 46.0 Å². The van der Waals surface area contributed by atoms with Crippen LogP contribution in [0, 0.1) is 12.8 Å². The number of aromatic hydroxyl groups is 1. The van der Waals surface area contributed by atoms with Crippen LogP contribution in [0.5, 0.6) is 5.75 Å². The summed E-state index contributed by atoms with van der Waals surface area (Å²) >= 11 is 3.76. The lowest BCUT2D eigenvalue weighted by Crippen LogP contribution is -2.35. The van der Waals surface area contributed by atoms with Gasteiger partial charge in [-0.2, -0.15) is 0 Å². The molecule has 36 heavy (non-hydrogen) atoms. The van der Waals surface area contributed by atoms with Gasteiger partial charge in [-0.1, -0.05) is 36.4 Å². The third-order valence-electron chi connectivity index (χ3n) is 6.41. The Hall–Kier alpha value is -3.46. The lowest BCUT2D eigenvalue weighted by Gasteiger charge is -2.34. The van der Waals surface area contributed by atoms with Crippen molar-refractivity contribution in [3.05, 3.63) is 81.3 Å². The van der Waals surface area contributed by atoms with Crippen molar-refractivity contribution in [2.24, 2.45) is 5.92 Å². The van der Waals surface area contributed by atoms with E-state index >= 15 is 0 Å². The molecule has 1 saturated heterocycles. The molecule has 9 heteroatoms. The molecule has 0 atom stereocenters. The number of halogens is 1. The Balaban J connectivity index is 1.37. The van der Waals surface area contributed by atoms with Crippen molar-refractivity contribution in [1.82, 2.24) is 15.3 Å². The van der Waals surface area contributed by atoms with Gasteiger partial charge >= 0.3 is 5.97 Å². The zero-order valence-corrected chi connectivity index (χ0v) is 21.7. The fourth-order valence-corrected chi connectivity index (χ4v) is 5.18. The molecule has 8 nitrogen and oxygen atoms in total. The van der Waals surface area contributed by atoms with Crippen molar-refractivity contribution in [2.75, 3.05) is 24.5 Å². The minimum Gasteiger partial charge on any atom is -0.504 e. The molecule has 0 radical (unpaired) electrons. The van der Waals surface area contributed by atoms with E-state index in [1.807, 2.05) is 6.07 Å². The number of aryl methyl sites for hydroxylation is 1. The molecule has 0 bridgehead atoms. The van der Waals surface area contributed by atoms with E-state index in [4.69, 9.17) is 5.11 Å². The number of benzene rings is 2. The highest BCUT2D eigenvalue weighted by atomic mass is 79.9. The lowest BCUT2D eigenvalue weighted by molar-refractivity contribution is -0.135. The topological polar surface area (TPSA) is 116 Å². The van der Waals surface area contributed by atoms with Crippen LogP contribution in [0.15, 0.2) is 53.0 Å². The molecular weight excluding hydrogens is 524 g/mol. The van der Waals surface area contributed by atoms with Crippen LogP contribution in [-0.2, 0) is 17.6 Å². The standard InChI is InChI=1S/C27H29BrN4O4/c1-17-26(35)25(27(36)29-16-24(33)34)31-23(30-17)15-19-9-11-32(12-10-19)22-8-7-20(14-21(22)28)13-18-5-3-2-4-6-18/h2-8,14,19,35H,9-13,15-16H2,1H3,(H,29,36)(H,33,34). The SMILES string of the molecule is Cc1nc(CC2CCN(c3ccc(Cc4ccccc4)cc3Br)CC2)nc(C(=O)NCC(=O)O)c1O. The summed E-state index contributed by atoms with van der Waals surface area (Å²) in [5, 5.41) is 21.2. The first kappa shape index (κ1) is 25.6. The first-order valence-electron chi connectivity index (χ1n) is 11.9. The van der Waals surface area contributed by atoms with Gasteiger partial charge in [0, 0.05) is 24.0 Å². The number of carbonyl (C=O) groups is 2. The molecule has 2 heterocycles. The number of rotatable bonds is 8. The van der Waals surface area contributed by atoms with Gasteiger partial charge in [0.05, 0.1) is 11.4 Å². The summed E-state index contributed by atoms with van der Waals surface area (Å²) < 4.78 is 1.09. The maximum absolute atomic E-state index is 12.3. The molecule has 3 N–H and O–H groups in total. The zero-order valence-electron chi connectivity index (χ0n) is 20.1. The molecule has 4 rings (SSSR count). The first-order valence-corrected chi connectivity index (χ1v) is 12.7. The fraction of sp³-hybridized carbons (Fsp3) is 0.333. The monoisotopic (exact) mass is 552 g/mol. The average Bonchev–Trinajstić information content (AvgIpc) is 2.86. The second-order valence-corrected chi connectivity index (χ2v) is 9.94. The zero-order chi connectivity index (χ0) is 25.7. The number of aliphatic carboxylic acids is 1. The number of hydrogen-bond donors (Lipinski definition) is 3. The summed E-state index contributed by atoms with van der Waals surface area (Å²) in [6.45, 7) is 2.85. The third kappa shape index (κ3) is 6.40. The predicted octanol–water partition coefficient (Wildman–Crippen LogP) is 4.12. The van der Waals surface area contributed by atoms with Crippen LogP contribution in [0.2, 0.25) is 0 Å². The van der Waals surface area contributed by atoms with E-state index in [-0.39, 0.29) is 11.4 Å². The summed E-state index contributed by atoms with van der Waals surface area (Å²) in [6, 6.07) is 17.0. The molecule has 1 aliphatic heterocycles. The molecular formula is C27H29BrN4O4. The van der Waals surface area contributed by atoms with Crippen LogP contribution < -0.4 is 10.2 Å². The van der Waals surface area contributed by atoms with Crippen LogP contribution >= 0.6 is 15.9 Å². The molecule has 0 spiro atoms. The Morgan fingerprint density at radius 1 is 1.08 bits per heavy atom. The van der Waals surface area contributed by atoms with Gasteiger partial charge in [0.2, 0.25) is 0 Å². The minimum atomic E-state index is -1.17. The van der Waals surface area contributed by atoms with Crippen LogP contribution in [0.4, 0.5) is 5.69 Å². The number of amides is 1. The van der Waals surface area contributed by atoms with Crippen molar-refractivity contribution < 1.29 is 19.8 Å². The largest absolute Gasteiger partial charge is 0.504 e. The number of nitrogens with zero attached hydrogens (tertiary/aromatic N) is 3. The van der Waals surface area contributed by atoms with Gasteiger partial charge in [0.25, 0.3) is 5.91 Å². The quantitative estimate of drug-likeness (QED) is 0.385. The van der Waals surface area contributed by atoms with Crippen molar-refractivity contribution >= 4 is 33.5 Å². The Kier molecular flexibility index (Phi) is 8.20. The normalized spacial score (nSPS) is 14.0. The van der Waals surface area contributed by atoms with E-state index in [1.54, 1.807) is 6.92 Å². The molecule has 2 aromatic carbocycles. The first-order chi connectivity index (χ1) is 17.3. The maximum atomic E-state index is 12.3. The summed E-state index contributed by atoms with van der Waals surface area (Å²) in [5.41, 5.74) is 3.84. The lowest BCUT2D eigenvalue weighted by atomic mass is 9.92. The number of piperidine rings is 1. The van der Waals surface area contributed by atoms with Crippen molar-refractivity contribution in [1.29, 1.82) is 0 Å². The highest BCUT2D eigenvalue weighted by Gasteiger charge is 2.24. The molecule has 3 aromatic rings. The van der Waals surface area contributed by atoms with Gasteiger partial charge in [-0.3, -0.25) is 9.59 Å². The van der Waals surface area contributed by atoms with E-state index in [2.05, 4.69) is 78.6 Å². The molecule has 1 aromatic heterocycles. The van der Waals surface area contributed by atoms with E-state index in [1.165, 1.54) is 16.8 Å². The number of aromatic nitrogens is 2. The van der Waals surface area contributed by atoms with Crippen molar-refractivity contribution in [2.45, 2.75) is 32.6 Å². The van der Waals surface area contributed by atoms with Gasteiger partial charge in [-0.05, 0) is 71.3 Å². The van der Waals surface area contributed by atoms with Crippen LogP contribution in [0.3, 0.4) is 0 Å². The highest BCUT2D eigenvalue weighted by Crippen LogP contribution is 2.32. The van der Waals surface area contributed by atoms with Gasteiger partial charge in [0.15, 0.2) is 11.4 Å². The van der Waals surface area contributed by atoms with Gasteiger partial charge < -0.3 is 20.4 Å². The number of carboxylic acids is 1. The Labute approximate surface area is 218 Å². The number of carbonyl (C=O) groups excluding carboxylic acids is 1. The molecule has 0 unspecified atom stereocenters. The summed E-state index contributed by atoms with van der Waals surface area (Å²) in [7, 11) is 0. The molecule has 0 aliphatic carbocycles. The van der Waals surface area contributed by atoms with E-state index < -0.39 is 18.4 Å². The van der Waals surface area contributed by atoms with E-state index in [9.17, 15) is 14.7 Å². The van der Waals surface area contributed by atoms with Gasteiger partial charge in [-0.15, -0.1) is 0 Å². The van der Waals surface area contributed by atoms with Gasteiger partial charge in [0.1, 0.15) is 12.4 Å². The smallest absolute Gasteiger partial charge is 0.322 e. The van der Waals surface area contributed by atoms with Crippen molar-refractivity contribution in [3.63, 3.8) is 0 Å². The highest BCUT2D eigenvalue weighted by molar-refractivity contribution is 9.10. The molecule has 0 saturated carbocycles. The molecule has 1 amide bonds. The average molecular weight is 553 g/mol. The molecule has 1 fully saturated rings. The molecule has 1 aliphatic rings. The number of anilines is 1. The second-order valence-electron chi connectivity index (χ2n) is 9.08. The number of hydrogen-bond acceptors (Lipinski definition) is 6. The summed E-state index contributed by atoms with van der Waals surface area (Å²) in [6.07, 6.45) is 3.37. The van der Waals surface area contributed by atoms with Crippen LogP contribution in [-0.4, -0.2) is 51.7 Å².